The van der Waals surface area contributed by atoms with E-state index in [1.807, 2.05) is 30.3 Å². The molecule has 0 radical (unpaired) electrons. The third-order valence-electron chi connectivity index (χ3n) is 3.70. The summed E-state index contributed by atoms with van der Waals surface area (Å²) in [5, 5.41) is 7.24. The minimum Gasteiger partial charge on any atom is -0.298 e. The molecule has 0 spiro atoms. The van der Waals surface area contributed by atoms with Crippen LogP contribution in [0, 0.1) is 0 Å². The minimum atomic E-state index is -0.615. The molecule has 0 unspecified atom stereocenters. The Balaban J connectivity index is 1.63. The van der Waals surface area contributed by atoms with Crippen LogP contribution in [0.1, 0.15) is 24.8 Å². The molecule has 2 aromatic rings. The highest BCUT2D eigenvalue weighted by Crippen LogP contribution is 2.24. The van der Waals surface area contributed by atoms with Gasteiger partial charge in [-0.3, -0.25) is 10.2 Å². The molecule has 1 N–H and O–H groups in total. The Kier molecular flexibility index (Phi) is 5.29. The van der Waals surface area contributed by atoms with Crippen LogP contribution in [0.3, 0.4) is 0 Å². The van der Waals surface area contributed by atoms with E-state index in [4.69, 9.17) is 16.4 Å². The predicted octanol–water partition coefficient (Wildman–Crippen LogP) is 5.51. The van der Waals surface area contributed by atoms with E-state index in [2.05, 4.69) is 16.5 Å². The number of carbonyl (C=O) groups excluding carboxylic acids is 1. The van der Waals surface area contributed by atoms with E-state index < -0.39 is 6.09 Å². The van der Waals surface area contributed by atoms with E-state index >= 15 is 0 Å². The van der Waals surface area contributed by atoms with E-state index in [0.29, 0.717) is 10.7 Å². The van der Waals surface area contributed by atoms with Crippen LogP contribution >= 0.6 is 11.6 Å². The topological polar surface area (TPSA) is 50.7 Å². The minimum absolute atomic E-state index is 0.607. The molecule has 1 fully saturated rings. The lowest BCUT2D eigenvalue weighted by molar-refractivity contribution is 0.166. The first kappa shape index (κ1) is 16.3. The third-order valence-corrected chi connectivity index (χ3v) is 3.95. The smallest absolute Gasteiger partial charge is 0.298 e. The Hall–Kier alpha value is -2.59. The molecule has 1 aliphatic rings. The molecular formula is C19H17ClN2O2. The largest absolute Gasteiger partial charge is 0.437 e. The van der Waals surface area contributed by atoms with E-state index in [0.717, 1.165) is 36.1 Å². The fraction of sp³-hybridized carbons (Fsp3) is 0.158. The van der Waals surface area contributed by atoms with Crippen LogP contribution in [-0.4, -0.2) is 11.8 Å². The molecule has 5 heteroatoms. The van der Waals surface area contributed by atoms with E-state index in [1.165, 1.54) is 0 Å². The van der Waals surface area contributed by atoms with Crippen molar-refractivity contribution in [2.24, 2.45) is 5.16 Å². The maximum absolute atomic E-state index is 11.8. The molecule has 2 aromatic carbocycles. The number of benzene rings is 2. The van der Waals surface area contributed by atoms with Gasteiger partial charge in [-0.1, -0.05) is 47.1 Å². The van der Waals surface area contributed by atoms with Crippen molar-refractivity contribution >= 4 is 35.2 Å². The molecule has 3 rings (SSSR count). The predicted molar refractivity (Wildman–Crippen MR) is 97.3 cm³/mol. The summed E-state index contributed by atoms with van der Waals surface area (Å²) in [5.41, 5.74) is 3.66. The van der Waals surface area contributed by atoms with Crippen molar-refractivity contribution in [2.45, 2.75) is 19.3 Å². The lowest BCUT2D eigenvalue weighted by Crippen LogP contribution is -2.11. The van der Waals surface area contributed by atoms with Crippen molar-refractivity contribution in [1.29, 1.82) is 0 Å². The van der Waals surface area contributed by atoms with Crippen LogP contribution in [-0.2, 0) is 4.84 Å². The molecule has 0 aliphatic heterocycles. The second-order valence-corrected chi connectivity index (χ2v) is 5.92. The molecule has 1 saturated carbocycles. The molecule has 0 saturated heterocycles. The lowest BCUT2D eigenvalue weighted by atomic mass is 10.1. The molecule has 0 bridgehead atoms. The van der Waals surface area contributed by atoms with Crippen LogP contribution in [0.25, 0.3) is 6.08 Å². The molecule has 122 valence electrons. The summed E-state index contributed by atoms with van der Waals surface area (Å²) in [4.78, 5) is 16.8. The van der Waals surface area contributed by atoms with Crippen molar-refractivity contribution in [3.05, 3.63) is 70.8 Å². The number of oxime groups is 1. The Bertz CT molecular complexity index is 768. The number of anilines is 1. The van der Waals surface area contributed by atoms with Gasteiger partial charge in [0.1, 0.15) is 0 Å². The van der Waals surface area contributed by atoms with Crippen molar-refractivity contribution in [1.82, 2.24) is 0 Å². The van der Waals surface area contributed by atoms with Gasteiger partial charge in [-0.15, -0.1) is 0 Å². The van der Waals surface area contributed by atoms with Crippen LogP contribution in [0.2, 0.25) is 5.02 Å². The van der Waals surface area contributed by atoms with Gasteiger partial charge in [-0.2, -0.15) is 0 Å². The van der Waals surface area contributed by atoms with Gasteiger partial charge in [0.15, 0.2) is 0 Å². The zero-order valence-electron chi connectivity index (χ0n) is 13.0. The Morgan fingerprint density at radius 2 is 1.83 bits per heavy atom. The molecule has 0 aromatic heterocycles. The highest BCUT2D eigenvalue weighted by Gasteiger charge is 2.17. The first-order chi connectivity index (χ1) is 11.7. The first-order valence-corrected chi connectivity index (χ1v) is 8.15. The number of halogens is 1. The van der Waals surface area contributed by atoms with Crippen molar-refractivity contribution in [2.75, 3.05) is 5.32 Å². The number of nitrogens with one attached hydrogen (secondary N) is 1. The van der Waals surface area contributed by atoms with Crippen LogP contribution in [0.5, 0.6) is 0 Å². The lowest BCUT2D eigenvalue weighted by Gasteiger charge is -2.04. The molecule has 24 heavy (non-hydrogen) atoms. The first-order valence-electron chi connectivity index (χ1n) is 7.77. The number of hydrogen-bond donors (Lipinski definition) is 1. The number of hydrogen-bond acceptors (Lipinski definition) is 3. The zero-order valence-corrected chi connectivity index (χ0v) is 13.8. The van der Waals surface area contributed by atoms with Crippen molar-refractivity contribution < 1.29 is 9.63 Å². The van der Waals surface area contributed by atoms with Gasteiger partial charge < -0.3 is 0 Å². The SMILES string of the molecule is O=C(Nc1ccc(Cl)cc1)O/N=C1/CCC/C1=C\c1ccccc1. The van der Waals surface area contributed by atoms with Gasteiger partial charge in [-0.25, -0.2) is 4.79 Å². The zero-order chi connectivity index (χ0) is 16.8. The summed E-state index contributed by atoms with van der Waals surface area (Å²) in [6.07, 6.45) is 4.24. The van der Waals surface area contributed by atoms with Gasteiger partial charge in [0.25, 0.3) is 0 Å². The molecule has 1 amide bonds. The van der Waals surface area contributed by atoms with E-state index in [9.17, 15) is 4.79 Å². The summed E-state index contributed by atoms with van der Waals surface area (Å²) in [6.45, 7) is 0. The number of carbonyl (C=O) groups is 1. The Morgan fingerprint density at radius 3 is 2.58 bits per heavy atom. The monoisotopic (exact) mass is 340 g/mol. The molecular weight excluding hydrogens is 324 g/mol. The fourth-order valence-corrected chi connectivity index (χ4v) is 2.66. The van der Waals surface area contributed by atoms with E-state index in [-0.39, 0.29) is 0 Å². The summed E-state index contributed by atoms with van der Waals surface area (Å²) >= 11 is 5.81. The second kappa shape index (κ2) is 7.79. The fourth-order valence-electron chi connectivity index (χ4n) is 2.53. The number of rotatable bonds is 3. The molecule has 4 nitrogen and oxygen atoms in total. The van der Waals surface area contributed by atoms with Gasteiger partial charge in [0.05, 0.1) is 5.71 Å². The molecule has 0 heterocycles. The molecule has 1 aliphatic carbocycles. The average Bonchev–Trinajstić information content (AvgIpc) is 3.03. The van der Waals surface area contributed by atoms with Crippen molar-refractivity contribution in [3.8, 4) is 0 Å². The Morgan fingerprint density at radius 1 is 1.08 bits per heavy atom. The Labute approximate surface area is 145 Å². The van der Waals surface area contributed by atoms with Crippen molar-refractivity contribution in [3.63, 3.8) is 0 Å². The second-order valence-electron chi connectivity index (χ2n) is 5.48. The maximum Gasteiger partial charge on any atom is 0.437 e. The average molecular weight is 341 g/mol. The highest BCUT2D eigenvalue weighted by atomic mass is 35.5. The summed E-state index contributed by atoms with van der Waals surface area (Å²) in [5.74, 6) is 0. The van der Waals surface area contributed by atoms with Gasteiger partial charge in [0.2, 0.25) is 0 Å². The number of amides is 1. The normalized spacial score (nSPS) is 17.2. The third kappa shape index (κ3) is 4.46. The van der Waals surface area contributed by atoms with Gasteiger partial charge in [-0.05, 0) is 60.7 Å². The summed E-state index contributed by atoms with van der Waals surface area (Å²) in [7, 11) is 0. The standard InChI is InChI=1S/C19H17ClN2O2/c20-16-9-11-17(12-10-16)21-19(23)24-22-18-8-4-7-15(18)13-14-5-2-1-3-6-14/h1-3,5-6,9-13H,4,7-8H2,(H,21,23)/b15-13+,22-18-. The quantitative estimate of drug-likeness (QED) is 0.591. The van der Waals surface area contributed by atoms with Gasteiger partial charge in [0, 0.05) is 10.7 Å². The number of nitrogens with zero attached hydrogens (tertiary/aromatic N) is 1. The summed E-state index contributed by atoms with van der Waals surface area (Å²) < 4.78 is 0. The van der Waals surface area contributed by atoms with Crippen LogP contribution < -0.4 is 5.32 Å². The maximum atomic E-state index is 11.8. The summed E-state index contributed by atoms with van der Waals surface area (Å²) in [6, 6.07) is 16.8. The van der Waals surface area contributed by atoms with Crippen LogP contribution in [0.4, 0.5) is 10.5 Å². The molecule has 0 atom stereocenters. The van der Waals surface area contributed by atoms with Crippen LogP contribution in [0.15, 0.2) is 65.3 Å². The number of allylic oxidation sites excluding steroid dienone is 1. The van der Waals surface area contributed by atoms with Gasteiger partial charge >= 0.3 is 6.09 Å². The highest BCUT2D eigenvalue weighted by molar-refractivity contribution is 6.30. The van der Waals surface area contributed by atoms with E-state index in [1.54, 1.807) is 24.3 Å².